The number of halogens is 3. The van der Waals surface area contributed by atoms with Gasteiger partial charge in [0.25, 0.3) is 5.56 Å². The summed E-state index contributed by atoms with van der Waals surface area (Å²) in [5.74, 6) is -0.540. The highest BCUT2D eigenvalue weighted by molar-refractivity contribution is 7.16. The monoisotopic (exact) mass is 399 g/mol. The smallest absolute Gasteiger partial charge is 0.387 e. The van der Waals surface area contributed by atoms with Crippen LogP contribution in [0.4, 0.5) is 14.5 Å². The van der Waals surface area contributed by atoms with Gasteiger partial charge in [0.1, 0.15) is 10.6 Å². The summed E-state index contributed by atoms with van der Waals surface area (Å²) < 4.78 is 30.0. The first kappa shape index (κ1) is 18.3. The summed E-state index contributed by atoms with van der Waals surface area (Å²) in [5, 5.41) is 4.83. The van der Waals surface area contributed by atoms with Gasteiger partial charge in [-0.1, -0.05) is 11.6 Å². The molecule has 0 atom stereocenters. The Morgan fingerprint density at radius 2 is 2.19 bits per heavy atom. The number of aromatic nitrogens is 2. The quantitative estimate of drug-likeness (QED) is 0.685. The maximum atomic E-state index is 12.2. The van der Waals surface area contributed by atoms with Gasteiger partial charge < -0.3 is 10.1 Å². The van der Waals surface area contributed by atoms with E-state index in [1.807, 2.05) is 0 Å². The molecule has 1 N–H and O–H groups in total. The van der Waals surface area contributed by atoms with E-state index in [0.29, 0.717) is 15.9 Å². The molecule has 0 aliphatic heterocycles. The van der Waals surface area contributed by atoms with Gasteiger partial charge in [-0.3, -0.25) is 14.2 Å². The predicted octanol–water partition coefficient (Wildman–Crippen LogP) is 3.74. The molecular weight excluding hydrogens is 388 g/mol. The molecule has 0 saturated carbocycles. The minimum absolute atomic E-state index is 0.0319. The van der Waals surface area contributed by atoms with Crippen LogP contribution < -0.4 is 15.6 Å². The summed E-state index contributed by atoms with van der Waals surface area (Å²) in [6.07, 6.45) is 1.44. The van der Waals surface area contributed by atoms with Gasteiger partial charge in [0.05, 0.1) is 16.7 Å². The molecular formula is C16H12ClF2N3O3S. The number of nitrogens with one attached hydrogen (secondary N) is 1. The number of fused-ring (bicyclic) bond motifs is 1. The van der Waals surface area contributed by atoms with Crippen molar-refractivity contribution in [1.29, 1.82) is 0 Å². The Morgan fingerprint density at radius 1 is 1.38 bits per heavy atom. The largest absolute Gasteiger partial charge is 0.433 e. The Hall–Kier alpha value is -2.52. The van der Waals surface area contributed by atoms with Crippen LogP contribution in [0.2, 0.25) is 5.02 Å². The van der Waals surface area contributed by atoms with Crippen LogP contribution in [0.3, 0.4) is 0 Å². The number of carbonyl (C=O) groups is 1. The number of rotatable bonds is 6. The number of amides is 1. The lowest BCUT2D eigenvalue weighted by atomic mass is 10.3. The fraction of sp³-hybridized carbons (Fsp3) is 0.188. The molecule has 0 radical (unpaired) electrons. The average Bonchev–Trinajstić information content (AvgIpc) is 3.06. The number of thiophene rings is 1. The van der Waals surface area contributed by atoms with Crippen LogP contribution >= 0.6 is 22.9 Å². The number of benzene rings is 1. The molecule has 0 fully saturated rings. The summed E-state index contributed by atoms with van der Waals surface area (Å²) in [4.78, 5) is 29.1. The summed E-state index contributed by atoms with van der Waals surface area (Å²) in [7, 11) is 0. The van der Waals surface area contributed by atoms with Gasteiger partial charge in [0.15, 0.2) is 0 Å². The van der Waals surface area contributed by atoms with Gasteiger partial charge in [0.2, 0.25) is 5.91 Å². The number of nitrogens with zero attached hydrogens (tertiary/aromatic N) is 2. The van der Waals surface area contributed by atoms with E-state index in [1.165, 1.54) is 40.4 Å². The number of aryl methyl sites for hydroxylation is 1. The molecule has 0 aliphatic carbocycles. The second-order valence-electron chi connectivity index (χ2n) is 5.20. The summed E-state index contributed by atoms with van der Waals surface area (Å²) >= 11 is 7.20. The third-order valence-corrected chi connectivity index (χ3v) is 4.58. The number of carbonyl (C=O) groups excluding carboxylic acids is 1. The molecule has 1 aromatic carbocycles. The van der Waals surface area contributed by atoms with Crippen molar-refractivity contribution in [1.82, 2.24) is 9.55 Å². The lowest BCUT2D eigenvalue weighted by Crippen LogP contribution is -2.23. The van der Waals surface area contributed by atoms with E-state index in [0.717, 1.165) is 0 Å². The lowest BCUT2D eigenvalue weighted by molar-refractivity contribution is -0.116. The van der Waals surface area contributed by atoms with Gasteiger partial charge in [0, 0.05) is 18.7 Å². The zero-order chi connectivity index (χ0) is 18.7. The highest BCUT2D eigenvalue weighted by Crippen LogP contribution is 2.29. The number of anilines is 1. The fourth-order valence-electron chi connectivity index (χ4n) is 2.27. The van der Waals surface area contributed by atoms with Crippen molar-refractivity contribution in [2.24, 2.45) is 0 Å². The van der Waals surface area contributed by atoms with Gasteiger partial charge in [-0.15, -0.1) is 11.3 Å². The molecule has 10 heteroatoms. The van der Waals surface area contributed by atoms with Crippen LogP contribution in [-0.2, 0) is 11.3 Å². The van der Waals surface area contributed by atoms with Crippen LogP contribution in [0.1, 0.15) is 6.42 Å². The Labute approximate surface area is 155 Å². The molecule has 0 saturated heterocycles. The van der Waals surface area contributed by atoms with Gasteiger partial charge in [-0.05, 0) is 29.6 Å². The molecule has 0 spiro atoms. The highest BCUT2D eigenvalue weighted by atomic mass is 35.5. The third-order valence-electron chi connectivity index (χ3n) is 3.46. The van der Waals surface area contributed by atoms with Crippen molar-refractivity contribution in [2.75, 3.05) is 5.32 Å². The third kappa shape index (κ3) is 4.17. The minimum Gasteiger partial charge on any atom is -0.433 e. The molecule has 3 aromatic rings. The minimum atomic E-state index is -2.99. The summed E-state index contributed by atoms with van der Waals surface area (Å²) in [6.45, 7) is -2.83. The molecule has 0 aliphatic rings. The van der Waals surface area contributed by atoms with E-state index in [2.05, 4.69) is 15.0 Å². The fourth-order valence-corrected chi connectivity index (χ4v) is 3.22. The maximum Gasteiger partial charge on any atom is 0.387 e. The molecule has 0 bridgehead atoms. The summed E-state index contributed by atoms with van der Waals surface area (Å²) in [5.41, 5.74) is 0.126. The van der Waals surface area contributed by atoms with Gasteiger partial charge in [-0.25, -0.2) is 4.98 Å². The molecule has 6 nitrogen and oxygen atoms in total. The Kier molecular flexibility index (Phi) is 5.48. The standard InChI is InChI=1S/C16H12ClF2N3O3S/c17-11-7-9(1-2-12(11)25-16(18)19)21-13(23)3-5-22-8-20-14-10(15(22)24)4-6-26-14/h1-2,4,6-8,16H,3,5H2,(H,21,23). The van der Waals surface area contributed by atoms with Gasteiger partial charge in [-0.2, -0.15) is 8.78 Å². The van der Waals surface area contributed by atoms with Crippen molar-refractivity contribution >= 4 is 44.7 Å². The Bertz CT molecular complexity index is 1010. The number of alkyl halides is 2. The van der Waals surface area contributed by atoms with E-state index < -0.39 is 6.61 Å². The van der Waals surface area contributed by atoms with E-state index in [1.54, 1.807) is 11.4 Å². The molecule has 136 valence electrons. The second-order valence-corrected chi connectivity index (χ2v) is 6.51. The topological polar surface area (TPSA) is 73.2 Å². The highest BCUT2D eigenvalue weighted by Gasteiger charge is 2.11. The Morgan fingerprint density at radius 3 is 2.92 bits per heavy atom. The lowest BCUT2D eigenvalue weighted by Gasteiger charge is -2.10. The zero-order valence-corrected chi connectivity index (χ0v) is 14.7. The molecule has 2 aromatic heterocycles. The molecule has 3 rings (SSSR count). The van der Waals surface area contributed by atoms with Crippen LogP contribution in [0.25, 0.3) is 10.2 Å². The van der Waals surface area contributed by atoms with Crippen LogP contribution in [0.5, 0.6) is 5.75 Å². The van der Waals surface area contributed by atoms with Crippen LogP contribution in [0, 0.1) is 0 Å². The number of hydrogen-bond donors (Lipinski definition) is 1. The van der Waals surface area contributed by atoms with E-state index in [9.17, 15) is 18.4 Å². The van der Waals surface area contributed by atoms with Crippen molar-refractivity contribution in [3.8, 4) is 5.75 Å². The molecule has 1 amide bonds. The van der Waals surface area contributed by atoms with Crippen molar-refractivity contribution in [3.63, 3.8) is 0 Å². The number of ether oxygens (including phenoxy) is 1. The van der Waals surface area contributed by atoms with Crippen molar-refractivity contribution in [2.45, 2.75) is 19.6 Å². The van der Waals surface area contributed by atoms with E-state index in [4.69, 9.17) is 11.6 Å². The van der Waals surface area contributed by atoms with Crippen molar-refractivity contribution < 1.29 is 18.3 Å². The van der Waals surface area contributed by atoms with Gasteiger partial charge >= 0.3 is 6.61 Å². The maximum absolute atomic E-state index is 12.2. The first-order valence-corrected chi connectivity index (χ1v) is 8.66. The Balaban J connectivity index is 1.62. The van der Waals surface area contributed by atoms with Crippen molar-refractivity contribution in [3.05, 3.63) is 51.3 Å². The summed E-state index contributed by atoms with van der Waals surface area (Å²) in [6, 6.07) is 5.63. The first-order chi connectivity index (χ1) is 12.4. The normalized spacial score (nSPS) is 11.1. The number of hydrogen-bond acceptors (Lipinski definition) is 5. The average molecular weight is 400 g/mol. The van der Waals surface area contributed by atoms with Crippen LogP contribution in [-0.4, -0.2) is 22.1 Å². The molecule has 2 heterocycles. The molecule has 0 unspecified atom stereocenters. The van der Waals surface area contributed by atoms with E-state index >= 15 is 0 Å². The predicted molar refractivity (Wildman–Crippen MR) is 95.2 cm³/mol. The molecule has 26 heavy (non-hydrogen) atoms. The van der Waals surface area contributed by atoms with E-state index in [-0.39, 0.29) is 35.2 Å². The first-order valence-electron chi connectivity index (χ1n) is 7.41. The SMILES string of the molecule is O=C(CCn1cnc2sccc2c1=O)Nc1ccc(OC(F)F)c(Cl)c1. The van der Waals surface area contributed by atoms with Crippen LogP contribution in [0.15, 0.2) is 40.8 Å². The second kappa shape index (κ2) is 7.79. The zero-order valence-electron chi connectivity index (χ0n) is 13.1.